The lowest BCUT2D eigenvalue weighted by molar-refractivity contribution is -0.127. The second kappa shape index (κ2) is 8.08. The lowest BCUT2D eigenvalue weighted by atomic mass is 10.1. The second-order valence-electron chi connectivity index (χ2n) is 6.13. The molecule has 0 unspecified atom stereocenters. The summed E-state index contributed by atoms with van der Waals surface area (Å²) in [6.07, 6.45) is 3.88. The lowest BCUT2D eigenvalue weighted by Crippen LogP contribution is -2.50. The number of carbonyl (C=O) groups excluding carboxylic acids is 2. The molecule has 1 aliphatic rings. The second-order valence-corrected chi connectivity index (χ2v) is 6.13. The highest BCUT2D eigenvalue weighted by Gasteiger charge is 2.23. The van der Waals surface area contributed by atoms with E-state index in [2.05, 4.69) is 0 Å². The zero-order valence-corrected chi connectivity index (χ0v) is 15.2. The van der Waals surface area contributed by atoms with Crippen LogP contribution in [-0.2, 0) is 16.0 Å². The van der Waals surface area contributed by atoms with E-state index < -0.39 is 0 Å². The first-order valence-corrected chi connectivity index (χ1v) is 9.03. The van der Waals surface area contributed by atoms with Crippen LogP contribution < -0.4 is 0 Å². The summed E-state index contributed by atoms with van der Waals surface area (Å²) in [5.74, 6) is 0.822. The lowest BCUT2D eigenvalue weighted by Gasteiger charge is -2.33. The Balaban J connectivity index is 1.67. The molecule has 1 fully saturated rings. The number of aryl methyl sites for hydroxylation is 1. The predicted octanol–water partition coefficient (Wildman–Crippen LogP) is 3.31. The van der Waals surface area contributed by atoms with Crippen molar-refractivity contribution in [3.63, 3.8) is 0 Å². The van der Waals surface area contributed by atoms with Gasteiger partial charge in [-0.25, -0.2) is 4.79 Å². The van der Waals surface area contributed by atoms with Gasteiger partial charge >= 0.3 is 6.09 Å². The smallest absolute Gasteiger partial charge is 0.409 e. The summed E-state index contributed by atoms with van der Waals surface area (Å²) in [5, 5.41) is 1.01. The molecule has 138 valence electrons. The molecule has 0 saturated carbocycles. The molecule has 2 heterocycles. The average Bonchev–Trinajstić information content (AvgIpc) is 3.04. The Labute approximate surface area is 153 Å². The van der Waals surface area contributed by atoms with Crippen LogP contribution in [0.5, 0.6) is 0 Å². The van der Waals surface area contributed by atoms with Gasteiger partial charge in [-0.2, -0.15) is 0 Å². The summed E-state index contributed by atoms with van der Waals surface area (Å²) in [5.41, 5.74) is 1.79. The summed E-state index contributed by atoms with van der Waals surface area (Å²) in [6.45, 7) is 6.18. The molecule has 2 aromatic rings. The van der Waals surface area contributed by atoms with Gasteiger partial charge in [0.25, 0.3) is 0 Å². The van der Waals surface area contributed by atoms with Gasteiger partial charge in [0.2, 0.25) is 5.91 Å². The van der Waals surface area contributed by atoms with E-state index in [0.29, 0.717) is 32.8 Å². The molecule has 0 spiro atoms. The minimum absolute atomic E-state index is 0.0548. The van der Waals surface area contributed by atoms with Gasteiger partial charge in [-0.3, -0.25) is 4.79 Å². The van der Waals surface area contributed by atoms with Gasteiger partial charge in [0.05, 0.1) is 6.61 Å². The van der Waals surface area contributed by atoms with Crippen LogP contribution >= 0.6 is 0 Å². The standard InChI is InChI=1S/C20H24N2O4/c1-3-17-16(15-7-5-6-8-18(15)26-17)9-10-19(23)21-11-13-22(14-12-21)20(24)25-4-2/h5-10H,3-4,11-14H2,1-2H3/b10-9+. The number of para-hydroxylation sites is 1. The molecule has 0 N–H and O–H groups in total. The van der Waals surface area contributed by atoms with Crippen LogP contribution in [-0.4, -0.2) is 54.6 Å². The maximum Gasteiger partial charge on any atom is 0.409 e. The zero-order chi connectivity index (χ0) is 18.5. The van der Waals surface area contributed by atoms with Crippen molar-refractivity contribution < 1.29 is 18.7 Å². The van der Waals surface area contributed by atoms with Crippen molar-refractivity contribution in [2.75, 3.05) is 32.8 Å². The number of benzene rings is 1. The molecule has 0 aliphatic carbocycles. The fourth-order valence-electron chi connectivity index (χ4n) is 3.15. The molecule has 26 heavy (non-hydrogen) atoms. The highest BCUT2D eigenvalue weighted by molar-refractivity contribution is 5.96. The van der Waals surface area contributed by atoms with E-state index in [0.717, 1.165) is 28.7 Å². The van der Waals surface area contributed by atoms with E-state index in [1.165, 1.54) is 0 Å². The summed E-state index contributed by atoms with van der Waals surface area (Å²) < 4.78 is 10.9. The monoisotopic (exact) mass is 356 g/mol. The summed E-state index contributed by atoms with van der Waals surface area (Å²) in [4.78, 5) is 27.6. The van der Waals surface area contributed by atoms with Crippen molar-refractivity contribution in [2.24, 2.45) is 0 Å². The Morgan fingerprint density at radius 2 is 1.81 bits per heavy atom. The number of carbonyl (C=O) groups is 2. The van der Waals surface area contributed by atoms with Crippen LogP contribution in [0, 0.1) is 0 Å². The van der Waals surface area contributed by atoms with E-state index in [1.54, 1.807) is 22.8 Å². The quantitative estimate of drug-likeness (QED) is 0.789. The molecule has 1 aromatic carbocycles. The molecule has 2 amide bonds. The molecule has 0 radical (unpaired) electrons. The molecule has 3 rings (SSSR count). The van der Waals surface area contributed by atoms with Crippen LogP contribution in [0.2, 0.25) is 0 Å². The van der Waals surface area contributed by atoms with Gasteiger partial charge in [-0.15, -0.1) is 0 Å². The third-order valence-electron chi connectivity index (χ3n) is 4.54. The minimum atomic E-state index is -0.312. The van der Waals surface area contributed by atoms with E-state index in [-0.39, 0.29) is 12.0 Å². The third-order valence-corrected chi connectivity index (χ3v) is 4.54. The molecule has 1 aromatic heterocycles. The van der Waals surface area contributed by atoms with E-state index in [9.17, 15) is 9.59 Å². The van der Waals surface area contributed by atoms with Crippen molar-refractivity contribution in [1.82, 2.24) is 9.80 Å². The van der Waals surface area contributed by atoms with Gasteiger partial charge in [0.1, 0.15) is 11.3 Å². The number of fused-ring (bicyclic) bond motifs is 1. The Morgan fingerprint density at radius 3 is 2.50 bits per heavy atom. The van der Waals surface area contributed by atoms with Gasteiger partial charge in [0, 0.05) is 49.6 Å². The van der Waals surface area contributed by atoms with Crippen LogP contribution in [0.4, 0.5) is 4.79 Å². The first-order chi connectivity index (χ1) is 12.6. The summed E-state index contributed by atoms with van der Waals surface area (Å²) in [7, 11) is 0. The fourth-order valence-corrected chi connectivity index (χ4v) is 3.15. The fraction of sp³-hybridized carbons (Fsp3) is 0.400. The third kappa shape index (κ3) is 3.74. The van der Waals surface area contributed by atoms with E-state index in [4.69, 9.17) is 9.15 Å². The van der Waals surface area contributed by atoms with E-state index in [1.807, 2.05) is 37.3 Å². The SMILES string of the molecule is CCOC(=O)N1CCN(C(=O)/C=C/c2c(CC)oc3ccccc23)CC1. The molecule has 0 atom stereocenters. The Hall–Kier alpha value is -2.76. The molecule has 0 bridgehead atoms. The van der Waals surface area contributed by atoms with Gasteiger partial charge < -0.3 is 19.0 Å². The Kier molecular flexibility index (Phi) is 5.61. The van der Waals surface area contributed by atoms with Crippen LogP contribution in [0.3, 0.4) is 0 Å². The van der Waals surface area contributed by atoms with Crippen molar-refractivity contribution in [2.45, 2.75) is 20.3 Å². The summed E-state index contributed by atoms with van der Waals surface area (Å²) in [6, 6.07) is 7.83. The molecular formula is C20H24N2O4. The molecule has 1 aliphatic heterocycles. The normalized spacial score (nSPS) is 15.0. The molecule has 6 heteroatoms. The van der Waals surface area contributed by atoms with Crippen molar-refractivity contribution in [1.29, 1.82) is 0 Å². The highest BCUT2D eigenvalue weighted by atomic mass is 16.6. The van der Waals surface area contributed by atoms with Crippen LogP contribution in [0.25, 0.3) is 17.0 Å². The van der Waals surface area contributed by atoms with Gasteiger partial charge in [-0.1, -0.05) is 25.1 Å². The highest BCUT2D eigenvalue weighted by Crippen LogP contribution is 2.27. The van der Waals surface area contributed by atoms with Gasteiger partial charge in [0.15, 0.2) is 0 Å². The van der Waals surface area contributed by atoms with Crippen molar-refractivity contribution in [3.8, 4) is 0 Å². The molecule has 6 nitrogen and oxygen atoms in total. The first-order valence-electron chi connectivity index (χ1n) is 9.03. The maximum atomic E-state index is 12.5. The number of furan rings is 1. The molecule has 1 saturated heterocycles. The largest absolute Gasteiger partial charge is 0.460 e. The Morgan fingerprint density at radius 1 is 1.12 bits per heavy atom. The minimum Gasteiger partial charge on any atom is -0.460 e. The zero-order valence-electron chi connectivity index (χ0n) is 15.2. The Bertz CT molecular complexity index is 816. The maximum absolute atomic E-state index is 12.5. The number of rotatable bonds is 4. The topological polar surface area (TPSA) is 63.0 Å². The number of hydrogen-bond acceptors (Lipinski definition) is 4. The van der Waals surface area contributed by atoms with Crippen LogP contribution in [0.1, 0.15) is 25.2 Å². The average molecular weight is 356 g/mol. The number of hydrogen-bond donors (Lipinski definition) is 0. The molecular weight excluding hydrogens is 332 g/mol. The summed E-state index contributed by atoms with van der Waals surface area (Å²) >= 11 is 0. The number of piperazine rings is 1. The van der Waals surface area contributed by atoms with Crippen molar-refractivity contribution >= 4 is 29.0 Å². The van der Waals surface area contributed by atoms with Crippen molar-refractivity contribution in [3.05, 3.63) is 41.7 Å². The number of amides is 2. The van der Waals surface area contributed by atoms with E-state index >= 15 is 0 Å². The van der Waals surface area contributed by atoms with Crippen LogP contribution in [0.15, 0.2) is 34.8 Å². The first kappa shape index (κ1) is 18.0. The predicted molar refractivity (Wildman–Crippen MR) is 99.8 cm³/mol. The van der Waals surface area contributed by atoms with Gasteiger partial charge in [-0.05, 0) is 19.1 Å². The number of ether oxygens (including phenoxy) is 1. The number of nitrogens with zero attached hydrogens (tertiary/aromatic N) is 2.